The lowest BCUT2D eigenvalue weighted by atomic mass is 10.00. The van der Waals surface area contributed by atoms with Crippen molar-refractivity contribution < 1.29 is 14.4 Å². The van der Waals surface area contributed by atoms with Crippen LogP contribution in [0.25, 0.3) is 5.00 Å². The van der Waals surface area contributed by atoms with Crippen LogP contribution in [0.3, 0.4) is 0 Å². The number of aryl methyl sites for hydroxylation is 1. The van der Waals surface area contributed by atoms with E-state index in [2.05, 4.69) is 54.1 Å². The highest BCUT2D eigenvalue weighted by Gasteiger charge is 2.40. The molecule has 0 radical (unpaired) electrons. The number of nitrogens with one attached hydrogen (secondary N) is 2. The van der Waals surface area contributed by atoms with Crippen molar-refractivity contribution in [1.29, 1.82) is 0 Å². The maximum atomic E-state index is 13.2. The van der Waals surface area contributed by atoms with Crippen LogP contribution in [0.2, 0.25) is 5.02 Å². The number of carbonyl (C=O) groups is 3. The molecule has 15 heteroatoms. The number of piperidine rings is 2. The molecule has 57 heavy (non-hydrogen) atoms. The monoisotopic (exact) mass is 802 g/mol. The summed E-state index contributed by atoms with van der Waals surface area (Å²) in [7, 11) is 0. The van der Waals surface area contributed by atoms with E-state index in [4.69, 9.17) is 22.3 Å². The standard InChI is InChI=1S/C42H43ClN10O3S/c1-25-35(57-42-38(25)39(28-8-10-29(43)11-9-28)46-23-36-50-49-26(2)53(36)42)13-7-27(21-44)22-45-17-4-18-51-19-15-30(16-20-51)47-33-6-3-5-31-32(33)24-52(41(31)56)34-12-14-37(54)48-40(34)55/h3,5-6,8-11,21-22,30,34,47H,4,12,14-20,23-24,44H2,1-2H3,(H,48,54,55). The minimum atomic E-state index is -0.624. The summed E-state index contributed by atoms with van der Waals surface area (Å²) in [5.74, 6) is 7.32. The molecule has 4 aromatic rings. The van der Waals surface area contributed by atoms with Crippen LogP contribution in [0.15, 0.2) is 64.2 Å². The topological polar surface area (TPSA) is 163 Å². The van der Waals surface area contributed by atoms with Crippen molar-refractivity contribution in [2.45, 2.75) is 71.1 Å². The third-order valence-corrected chi connectivity index (χ3v) is 12.4. The number of benzene rings is 2. The van der Waals surface area contributed by atoms with Crippen molar-refractivity contribution >= 4 is 58.3 Å². The molecule has 0 bridgehead atoms. The van der Waals surface area contributed by atoms with Crippen molar-refractivity contribution in [3.8, 4) is 16.8 Å². The van der Waals surface area contributed by atoms with Crippen LogP contribution in [0, 0.1) is 25.7 Å². The quantitative estimate of drug-likeness (QED) is 0.0928. The van der Waals surface area contributed by atoms with Crippen molar-refractivity contribution in [2.24, 2.45) is 15.7 Å². The number of amides is 3. The number of fused-ring (bicyclic) bond motifs is 4. The third-order valence-electron chi connectivity index (χ3n) is 11.0. The molecule has 2 aromatic carbocycles. The summed E-state index contributed by atoms with van der Waals surface area (Å²) in [6.45, 7) is 8.32. The van der Waals surface area contributed by atoms with E-state index in [0.717, 1.165) is 94.1 Å². The zero-order chi connectivity index (χ0) is 39.6. The van der Waals surface area contributed by atoms with Gasteiger partial charge in [-0.3, -0.25) is 34.3 Å². The largest absolute Gasteiger partial charge is 0.404 e. The predicted molar refractivity (Wildman–Crippen MR) is 222 cm³/mol. The van der Waals surface area contributed by atoms with Gasteiger partial charge in [0.1, 0.15) is 23.4 Å². The number of nitrogens with two attached hydrogens (primary N) is 1. The molecule has 13 nitrogen and oxygen atoms in total. The molecule has 2 aromatic heterocycles. The summed E-state index contributed by atoms with van der Waals surface area (Å²) in [4.78, 5) is 52.0. The minimum absolute atomic E-state index is 0.157. The number of carbonyl (C=O) groups excluding carboxylic acids is 3. The average Bonchev–Trinajstić information content (AvgIpc) is 3.82. The van der Waals surface area contributed by atoms with Gasteiger partial charge in [-0.25, -0.2) is 0 Å². The lowest BCUT2D eigenvalue weighted by Gasteiger charge is -2.33. The van der Waals surface area contributed by atoms with Gasteiger partial charge in [0.05, 0.1) is 16.2 Å². The van der Waals surface area contributed by atoms with Gasteiger partial charge >= 0.3 is 0 Å². The maximum Gasteiger partial charge on any atom is 0.255 e. The summed E-state index contributed by atoms with van der Waals surface area (Å²) in [6, 6.07) is 13.1. The Kier molecular flexibility index (Phi) is 11.1. The summed E-state index contributed by atoms with van der Waals surface area (Å²) in [5.41, 5.74) is 13.0. The normalized spacial score (nSPS) is 18.8. The van der Waals surface area contributed by atoms with Gasteiger partial charge in [0, 0.05) is 84.0 Å². The Balaban J connectivity index is 0.842. The fraction of sp³-hybridized carbons (Fsp3) is 0.357. The lowest BCUT2D eigenvalue weighted by Crippen LogP contribution is -2.52. The average molecular weight is 803 g/mol. The molecule has 4 aliphatic rings. The first kappa shape index (κ1) is 38.3. The Morgan fingerprint density at radius 2 is 1.91 bits per heavy atom. The number of anilines is 1. The second-order valence-corrected chi connectivity index (χ2v) is 16.1. The molecule has 0 spiro atoms. The van der Waals surface area contributed by atoms with E-state index >= 15 is 0 Å². The second-order valence-electron chi connectivity index (χ2n) is 14.7. The number of hydrogen-bond acceptors (Lipinski definition) is 11. The van der Waals surface area contributed by atoms with E-state index in [-0.39, 0.29) is 24.3 Å². The summed E-state index contributed by atoms with van der Waals surface area (Å²) < 4.78 is 2.07. The second kappa shape index (κ2) is 16.5. The number of thiophene rings is 1. The van der Waals surface area contributed by atoms with Gasteiger partial charge in [0.2, 0.25) is 11.8 Å². The number of imide groups is 1. The zero-order valence-corrected chi connectivity index (χ0v) is 33.4. The Hall–Kier alpha value is -5.62. The maximum absolute atomic E-state index is 13.2. The molecule has 1 unspecified atom stereocenters. The molecule has 292 valence electrons. The van der Waals surface area contributed by atoms with Gasteiger partial charge in [-0.2, -0.15) is 0 Å². The highest BCUT2D eigenvalue weighted by atomic mass is 35.5. The highest BCUT2D eigenvalue weighted by Crippen LogP contribution is 2.37. The summed E-state index contributed by atoms with van der Waals surface area (Å²) >= 11 is 7.80. The number of aliphatic imine (C=N–C) groups is 2. The van der Waals surface area contributed by atoms with Gasteiger partial charge in [-0.15, -0.1) is 21.5 Å². The Bertz CT molecular complexity index is 2390. The first-order chi connectivity index (χ1) is 27.7. The van der Waals surface area contributed by atoms with Crippen molar-refractivity contribution in [3.05, 3.63) is 104 Å². The first-order valence-electron chi connectivity index (χ1n) is 19.2. The SMILES string of the molecule is Cc1c(C#CC(C=NCCCN2CCC(Nc3cccc4c3CN(C3CCC(=O)NC3=O)C4=O)CC2)=CN)sc2c1C(c1ccc(Cl)cc1)=NCc1nnc(C)n1-2. The van der Waals surface area contributed by atoms with E-state index in [1.54, 1.807) is 22.5 Å². The lowest BCUT2D eigenvalue weighted by molar-refractivity contribution is -0.136. The molecule has 2 fully saturated rings. The van der Waals surface area contributed by atoms with Crippen molar-refractivity contribution in [1.82, 2.24) is 29.9 Å². The smallest absolute Gasteiger partial charge is 0.255 e. The Morgan fingerprint density at radius 1 is 1.11 bits per heavy atom. The van der Waals surface area contributed by atoms with E-state index < -0.39 is 11.9 Å². The molecular weight excluding hydrogens is 760 g/mol. The van der Waals surface area contributed by atoms with E-state index in [1.807, 2.05) is 49.4 Å². The predicted octanol–water partition coefficient (Wildman–Crippen LogP) is 4.94. The fourth-order valence-electron chi connectivity index (χ4n) is 7.93. The Labute approximate surface area is 340 Å². The van der Waals surface area contributed by atoms with E-state index in [9.17, 15) is 14.4 Å². The van der Waals surface area contributed by atoms with Crippen LogP contribution in [0.1, 0.15) is 81.2 Å². The summed E-state index contributed by atoms with van der Waals surface area (Å²) in [5, 5.41) is 16.4. The number of hydrogen-bond donors (Lipinski definition) is 3. The van der Waals surface area contributed by atoms with Gasteiger partial charge in [-0.05, 0) is 75.9 Å². The highest BCUT2D eigenvalue weighted by molar-refractivity contribution is 7.15. The van der Waals surface area contributed by atoms with Crippen molar-refractivity contribution in [3.63, 3.8) is 0 Å². The number of likely N-dealkylation sites (tertiary alicyclic amines) is 1. The van der Waals surface area contributed by atoms with Crippen LogP contribution < -0.4 is 16.4 Å². The molecule has 3 amide bonds. The molecule has 4 N–H and O–H groups in total. The van der Waals surface area contributed by atoms with Crippen LogP contribution >= 0.6 is 22.9 Å². The molecule has 2 saturated heterocycles. The fourth-order valence-corrected chi connectivity index (χ4v) is 9.29. The number of nitrogens with zero attached hydrogens (tertiary/aromatic N) is 7. The van der Waals surface area contributed by atoms with Crippen LogP contribution in [-0.4, -0.2) is 92.5 Å². The molecule has 6 heterocycles. The molecule has 4 aliphatic heterocycles. The molecule has 0 saturated carbocycles. The number of halogens is 1. The molecule has 0 aliphatic carbocycles. The van der Waals surface area contributed by atoms with Gasteiger partial charge in [0.15, 0.2) is 5.82 Å². The van der Waals surface area contributed by atoms with Gasteiger partial charge < -0.3 is 20.9 Å². The minimum Gasteiger partial charge on any atom is -0.404 e. The summed E-state index contributed by atoms with van der Waals surface area (Å²) in [6.07, 6.45) is 6.70. The molecule has 1 atom stereocenters. The Morgan fingerprint density at radius 3 is 2.68 bits per heavy atom. The molecule has 8 rings (SSSR count). The number of aromatic nitrogens is 3. The first-order valence-corrected chi connectivity index (χ1v) is 20.4. The third kappa shape index (κ3) is 7.87. The number of rotatable bonds is 9. The van der Waals surface area contributed by atoms with Gasteiger partial charge in [0.25, 0.3) is 5.91 Å². The zero-order valence-electron chi connectivity index (χ0n) is 31.8. The van der Waals surface area contributed by atoms with E-state index in [1.165, 1.54) is 6.20 Å². The van der Waals surface area contributed by atoms with Crippen LogP contribution in [-0.2, 0) is 22.7 Å². The van der Waals surface area contributed by atoms with Crippen molar-refractivity contribution in [2.75, 3.05) is 31.5 Å². The van der Waals surface area contributed by atoms with Crippen LogP contribution in [0.4, 0.5) is 5.69 Å². The molecular formula is C42H43ClN10O3S. The van der Waals surface area contributed by atoms with E-state index in [0.29, 0.717) is 42.2 Å². The van der Waals surface area contributed by atoms with Crippen LogP contribution in [0.5, 0.6) is 0 Å². The van der Waals surface area contributed by atoms with Gasteiger partial charge in [-0.1, -0.05) is 41.6 Å². The number of allylic oxidation sites excluding steroid dienone is 1.